The van der Waals surface area contributed by atoms with Crippen molar-refractivity contribution in [3.63, 3.8) is 0 Å². The van der Waals surface area contributed by atoms with Gasteiger partial charge in [-0.15, -0.1) is 0 Å². The minimum absolute atomic E-state index is 0.250. The van der Waals surface area contributed by atoms with Gasteiger partial charge in [-0.2, -0.15) is 0 Å². The summed E-state index contributed by atoms with van der Waals surface area (Å²) < 4.78 is 5.73. The summed E-state index contributed by atoms with van der Waals surface area (Å²) in [5.74, 6) is 0.832. The standard InChI is InChI=1S/C22H25N3OS/c1-3-19-21-16(15-9-5-6-10-17(15)23-21)13-14-25(19)22(27)24-18-11-7-8-12-20(18)26-4-2/h5-12,19,23H,3-4,13-14H2,1-2H3,(H,24,27). The monoisotopic (exact) mass is 379 g/mol. The number of benzene rings is 2. The lowest BCUT2D eigenvalue weighted by atomic mass is 9.96. The van der Waals surface area contributed by atoms with Crippen molar-refractivity contribution in [2.24, 2.45) is 0 Å². The third kappa shape index (κ3) is 3.28. The topological polar surface area (TPSA) is 40.3 Å². The van der Waals surface area contributed by atoms with Gasteiger partial charge in [0.25, 0.3) is 0 Å². The number of fused-ring (bicyclic) bond motifs is 3. The Morgan fingerprint density at radius 3 is 2.78 bits per heavy atom. The van der Waals surface area contributed by atoms with E-state index in [0.29, 0.717) is 6.61 Å². The van der Waals surface area contributed by atoms with Gasteiger partial charge in [0.1, 0.15) is 5.75 Å². The predicted octanol–water partition coefficient (Wildman–Crippen LogP) is 5.27. The molecule has 4 rings (SSSR count). The van der Waals surface area contributed by atoms with Crippen LogP contribution in [0.4, 0.5) is 5.69 Å². The van der Waals surface area contributed by atoms with Crippen LogP contribution >= 0.6 is 12.2 Å². The highest BCUT2D eigenvalue weighted by molar-refractivity contribution is 7.80. The van der Waals surface area contributed by atoms with Gasteiger partial charge in [-0.3, -0.25) is 0 Å². The molecule has 3 aromatic rings. The van der Waals surface area contributed by atoms with Crippen LogP contribution in [-0.2, 0) is 6.42 Å². The molecule has 2 N–H and O–H groups in total. The molecule has 0 radical (unpaired) electrons. The van der Waals surface area contributed by atoms with Gasteiger partial charge in [-0.25, -0.2) is 0 Å². The van der Waals surface area contributed by atoms with Crippen LogP contribution in [0.5, 0.6) is 5.75 Å². The zero-order chi connectivity index (χ0) is 18.8. The van der Waals surface area contributed by atoms with E-state index in [4.69, 9.17) is 17.0 Å². The molecule has 5 heteroatoms. The van der Waals surface area contributed by atoms with Crippen molar-refractivity contribution < 1.29 is 4.74 Å². The molecular formula is C22H25N3OS. The van der Waals surface area contributed by atoms with Gasteiger partial charge in [-0.1, -0.05) is 37.3 Å². The Morgan fingerprint density at radius 2 is 1.96 bits per heavy atom. The highest BCUT2D eigenvalue weighted by Gasteiger charge is 2.30. The van der Waals surface area contributed by atoms with Gasteiger partial charge in [0.15, 0.2) is 5.11 Å². The average Bonchev–Trinajstić information content (AvgIpc) is 3.07. The highest BCUT2D eigenvalue weighted by Crippen LogP contribution is 2.36. The van der Waals surface area contributed by atoms with Gasteiger partial charge in [0, 0.05) is 23.1 Å². The second-order valence-electron chi connectivity index (χ2n) is 6.79. The molecule has 140 valence electrons. The number of hydrogen-bond donors (Lipinski definition) is 2. The van der Waals surface area contributed by atoms with Crippen LogP contribution in [0.1, 0.15) is 37.6 Å². The molecule has 27 heavy (non-hydrogen) atoms. The number of anilines is 1. The maximum absolute atomic E-state index is 5.80. The van der Waals surface area contributed by atoms with E-state index in [2.05, 4.69) is 46.4 Å². The molecule has 0 fully saturated rings. The largest absolute Gasteiger partial charge is 0.492 e. The Balaban J connectivity index is 1.62. The molecule has 0 amide bonds. The van der Waals surface area contributed by atoms with Crippen molar-refractivity contribution in [3.8, 4) is 5.75 Å². The number of thiocarbonyl (C=S) groups is 1. The summed E-state index contributed by atoms with van der Waals surface area (Å²) in [5, 5.41) is 5.50. The Bertz CT molecular complexity index is 965. The molecule has 1 aromatic heterocycles. The van der Waals surface area contributed by atoms with Gasteiger partial charge in [0.2, 0.25) is 0 Å². The third-order valence-corrected chi connectivity index (χ3v) is 5.57. The Hall–Kier alpha value is -2.53. The lowest BCUT2D eigenvalue weighted by molar-refractivity contribution is 0.291. The summed E-state index contributed by atoms with van der Waals surface area (Å²) in [7, 11) is 0. The molecule has 0 spiro atoms. The van der Waals surface area contributed by atoms with Crippen molar-refractivity contribution >= 4 is 33.9 Å². The zero-order valence-electron chi connectivity index (χ0n) is 15.8. The van der Waals surface area contributed by atoms with Crippen molar-refractivity contribution in [1.82, 2.24) is 9.88 Å². The summed E-state index contributed by atoms with van der Waals surface area (Å²) in [5.41, 5.74) is 4.86. The van der Waals surface area contributed by atoms with Crippen LogP contribution in [0.3, 0.4) is 0 Å². The lowest BCUT2D eigenvalue weighted by Crippen LogP contribution is -2.42. The number of aromatic amines is 1. The Labute approximate surface area is 165 Å². The number of nitrogens with one attached hydrogen (secondary N) is 2. The van der Waals surface area contributed by atoms with E-state index in [1.807, 2.05) is 31.2 Å². The second kappa shape index (κ2) is 7.61. The first-order valence-electron chi connectivity index (χ1n) is 9.61. The van der Waals surface area contributed by atoms with Gasteiger partial charge >= 0.3 is 0 Å². The van der Waals surface area contributed by atoms with Crippen LogP contribution in [0.25, 0.3) is 10.9 Å². The van der Waals surface area contributed by atoms with Crippen LogP contribution < -0.4 is 10.1 Å². The summed E-state index contributed by atoms with van der Waals surface area (Å²) >= 11 is 5.80. The van der Waals surface area contributed by atoms with E-state index < -0.39 is 0 Å². The zero-order valence-corrected chi connectivity index (χ0v) is 16.6. The number of H-pyrrole nitrogens is 1. The summed E-state index contributed by atoms with van der Waals surface area (Å²) in [6.45, 7) is 5.75. The van der Waals surface area contributed by atoms with Crippen molar-refractivity contribution in [2.75, 3.05) is 18.5 Å². The molecule has 2 aromatic carbocycles. The van der Waals surface area contributed by atoms with E-state index in [0.717, 1.165) is 35.9 Å². The van der Waals surface area contributed by atoms with Gasteiger partial charge in [-0.05, 0) is 55.7 Å². The number of ether oxygens (including phenoxy) is 1. The summed E-state index contributed by atoms with van der Waals surface area (Å²) in [6, 6.07) is 16.8. The first-order valence-corrected chi connectivity index (χ1v) is 10.0. The highest BCUT2D eigenvalue weighted by atomic mass is 32.1. The molecule has 0 bridgehead atoms. The molecule has 1 atom stereocenters. The van der Waals surface area contributed by atoms with Crippen molar-refractivity contribution in [3.05, 3.63) is 59.8 Å². The minimum atomic E-state index is 0.250. The molecule has 0 saturated carbocycles. The fraction of sp³-hybridized carbons (Fsp3) is 0.318. The predicted molar refractivity (Wildman–Crippen MR) is 116 cm³/mol. The van der Waals surface area contributed by atoms with Gasteiger partial charge in [0.05, 0.1) is 18.3 Å². The van der Waals surface area contributed by atoms with E-state index in [1.165, 1.54) is 22.2 Å². The third-order valence-electron chi connectivity index (χ3n) is 5.23. The molecule has 0 aliphatic carbocycles. The van der Waals surface area contributed by atoms with Crippen LogP contribution in [-0.4, -0.2) is 28.1 Å². The number of aromatic nitrogens is 1. The maximum atomic E-state index is 5.80. The molecular weight excluding hydrogens is 354 g/mol. The summed E-state index contributed by atoms with van der Waals surface area (Å²) in [6.07, 6.45) is 1.99. The smallest absolute Gasteiger partial charge is 0.174 e. The number of nitrogens with zero attached hydrogens (tertiary/aromatic N) is 1. The number of rotatable bonds is 4. The SMILES string of the molecule is CCOc1ccccc1NC(=S)N1CCc2c([nH]c3ccccc23)C1CC. The van der Waals surface area contributed by atoms with E-state index in [-0.39, 0.29) is 6.04 Å². The fourth-order valence-corrected chi connectivity index (χ4v) is 4.35. The van der Waals surface area contributed by atoms with E-state index in [1.54, 1.807) is 0 Å². The van der Waals surface area contributed by atoms with E-state index in [9.17, 15) is 0 Å². The van der Waals surface area contributed by atoms with Crippen LogP contribution in [0.2, 0.25) is 0 Å². The normalized spacial score (nSPS) is 16.2. The first kappa shape index (κ1) is 17.9. The molecule has 0 saturated heterocycles. The Kier molecular flexibility index (Phi) is 5.03. The minimum Gasteiger partial charge on any atom is -0.492 e. The van der Waals surface area contributed by atoms with Crippen molar-refractivity contribution in [2.45, 2.75) is 32.7 Å². The average molecular weight is 380 g/mol. The lowest BCUT2D eigenvalue weighted by Gasteiger charge is -2.37. The van der Waals surface area contributed by atoms with Crippen LogP contribution in [0.15, 0.2) is 48.5 Å². The molecule has 2 heterocycles. The fourth-order valence-electron chi connectivity index (χ4n) is 4.02. The Morgan fingerprint density at radius 1 is 1.19 bits per heavy atom. The molecule has 1 aliphatic heterocycles. The molecule has 4 nitrogen and oxygen atoms in total. The van der Waals surface area contributed by atoms with E-state index >= 15 is 0 Å². The summed E-state index contributed by atoms with van der Waals surface area (Å²) in [4.78, 5) is 5.95. The van der Waals surface area contributed by atoms with Crippen molar-refractivity contribution in [1.29, 1.82) is 0 Å². The van der Waals surface area contributed by atoms with Crippen LogP contribution in [0, 0.1) is 0 Å². The first-order chi connectivity index (χ1) is 13.2. The number of para-hydroxylation sites is 3. The number of hydrogen-bond acceptors (Lipinski definition) is 2. The molecule has 1 aliphatic rings. The maximum Gasteiger partial charge on any atom is 0.174 e. The molecule has 1 unspecified atom stereocenters. The second-order valence-corrected chi connectivity index (χ2v) is 7.18. The quantitative estimate of drug-likeness (QED) is 0.606. The van der Waals surface area contributed by atoms with Gasteiger partial charge < -0.3 is 19.9 Å².